The zero-order valence-corrected chi connectivity index (χ0v) is 10.8. The second-order valence-corrected chi connectivity index (χ2v) is 6.54. The van der Waals surface area contributed by atoms with E-state index in [-0.39, 0.29) is 16.6 Å². The summed E-state index contributed by atoms with van der Waals surface area (Å²) in [6.45, 7) is 1.60. The minimum atomic E-state index is -3.83. The highest BCUT2D eigenvalue weighted by Crippen LogP contribution is 2.42. The van der Waals surface area contributed by atoms with Crippen molar-refractivity contribution in [3.8, 4) is 0 Å². The lowest BCUT2D eigenvalue weighted by Crippen LogP contribution is -2.32. The minimum Gasteiger partial charge on any atom is -0.316 e. The summed E-state index contributed by atoms with van der Waals surface area (Å²) in [6.07, 6.45) is 0. The van der Waals surface area contributed by atoms with Crippen molar-refractivity contribution in [2.45, 2.75) is 10.9 Å². The minimum absolute atomic E-state index is 0.0916. The largest absolute Gasteiger partial charge is 0.316 e. The van der Waals surface area contributed by atoms with E-state index in [0.29, 0.717) is 11.8 Å². The van der Waals surface area contributed by atoms with Gasteiger partial charge in [-0.3, -0.25) is 10.1 Å². The van der Waals surface area contributed by atoms with Gasteiger partial charge in [-0.2, -0.15) is 0 Å². The Morgan fingerprint density at radius 2 is 1.89 bits per heavy atom. The van der Waals surface area contributed by atoms with E-state index in [1.807, 2.05) is 0 Å². The average Bonchev–Trinajstić information content (AvgIpc) is 2.82. The van der Waals surface area contributed by atoms with Gasteiger partial charge in [0, 0.05) is 12.1 Å². The Bertz CT molecular complexity index is 621. The molecule has 1 aliphatic heterocycles. The van der Waals surface area contributed by atoms with Crippen LogP contribution in [-0.2, 0) is 10.0 Å². The molecule has 3 rings (SSSR count). The summed E-state index contributed by atoms with van der Waals surface area (Å²) in [5, 5.41) is 14.0. The maximum absolute atomic E-state index is 12.2. The van der Waals surface area contributed by atoms with Crippen LogP contribution in [0.15, 0.2) is 29.2 Å². The first-order valence-corrected chi connectivity index (χ1v) is 7.45. The van der Waals surface area contributed by atoms with Crippen LogP contribution in [0.4, 0.5) is 5.69 Å². The van der Waals surface area contributed by atoms with Gasteiger partial charge in [-0.15, -0.1) is 0 Å². The molecular weight excluding hydrogens is 270 g/mol. The third-order valence-corrected chi connectivity index (χ3v) is 5.24. The van der Waals surface area contributed by atoms with Gasteiger partial charge in [0.1, 0.15) is 0 Å². The van der Waals surface area contributed by atoms with Gasteiger partial charge in [0.2, 0.25) is 10.0 Å². The summed E-state index contributed by atoms with van der Waals surface area (Å²) >= 11 is 0. The van der Waals surface area contributed by atoms with Crippen LogP contribution in [0.2, 0.25) is 0 Å². The number of para-hydroxylation sites is 1. The second kappa shape index (κ2) is 4.26. The molecule has 0 bridgehead atoms. The Kier molecular flexibility index (Phi) is 2.80. The Hall–Kier alpha value is -1.51. The predicted octanol–water partition coefficient (Wildman–Crippen LogP) is 0.0909. The van der Waals surface area contributed by atoms with Crippen molar-refractivity contribution in [2.24, 2.45) is 11.8 Å². The highest BCUT2D eigenvalue weighted by atomic mass is 32.2. The first-order valence-electron chi connectivity index (χ1n) is 5.97. The molecule has 0 aromatic heterocycles. The third kappa shape index (κ3) is 2.11. The quantitative estimate of drug-likeness (QED) is 0.602. The van der Waals surface area contributed by atoms with Gasteiger partial charge in [-0.25, -0.2) is 13.1 Å². The van der Waals surface area contributed by atoms with Crippen molar-refractivity contribution < 1.29 is 13.3 Å². The summed E-state index contributed by atoms with van der Waals surface area (Å²) in [7, 11) is -3.83. The number of nitrogens with one attached hydrogen (secondary N) is 2. The number of fused-ring (bicyclic) bond motifs is 1. The molecule has 2 fully saturated rings. The number of hydrogen-bond acceptors (Lipinski definition) is 5. The number of rotatable bonds is 4. The van der Waals surface area contributed by atoms with Crippen LogP contribution in [0.3, 0.4) is 0 Å². The fourth-order valence-corrected chi connectivity index (χ4v) is 4.18. The van der Waals surface area contributed by atoms with Crippen LogP contribution in [0.1, 0.15) is 0 Å². The van der Waals surface area contributed by atoms with Gasteiger partial charge in [0.25, 0.3) is 5.69 Å². The van der Waals surface area contributed by atoms with Crippen molar-refractivity contribution in [3.63, 3.8) is 0 Å². The van der Waals surface area contributed by atoms with Crippen LogP contribution in [-0.4, -0.2) is 32.5 Å². The van der Waals surface area contributed by atoms with Crippen LogP contribution < -0.4 is 10.0 Å². The first-order chi connectivity index (χ1) is 9.00. The molecule has 2 aliphatic rings. The fourth-order valence-electron chi connectivity index (χ4n) is 2.67. The number of hydrogen-bond donors (Lipinski definition) is 2. The monoisotopic (exact) mass is 283 g/mol. The highest BCUT2D eigenvalue weighted by Gasteiger charge is 2.54. The van der Waals surface area contributed by atoms with Crippen LogP contribution >= 0.6 is 0 Å². The van der Waals surface area contributed by atoms with Crippen molar-refractivity contribution in [3.05, 3.63) is 34.4 Å². The highest BCUT2D eigenvalue weighted by molar-refractivity contribution is 7.89. The van der Waals surface area contributed by atoms with Gasteiger partial charge < -0.3 is 5.32 Å². The van der Waals surface area contributed by atoms with Crippen LogP contribution in [0, 0.1) is 22.0 Å². The van der Waals surface area contributed by atoms with Crippen molar-refractivity contribution in [2.75, 3.05) is 13.1 Å². The molecule has 1 aromatic carbocycles. The summed E-state index contributed by atoms with van der Waals surface area (Å²) in [4.78, 5) is 9.93. The molecule has 19 heavy (non-hydrogen) atoms. The lowest BCUT2D eigenvalue weighted by Gasteiger charge is -2.09. The van der Waals surface area contributed by atoms with Crippen molar-refractivity contribution in [1.82, 2.24) is 10.0 Å². The molecule has 2 unspecified atom stereocenters. The molecule has 102 valence electrons. The van der Waals surface area contributed by atoms with Gasteiger partial charge in [-0.1, -0.05) is 12.1 Å². The second-order valence-electron chi connectivity index (χ2n) is 4.86. The molecule has 0 amide bonds. The van der Waals surface area contributed by atoms with Gasteiger partial charge in [0.15, 0.2) is 4.90 Å². The number of nitro benzene ring substituents is 1. The molecule has 1 heterocycles. The molecule has 0 radical (unpaired) electrons. The standard InChI is InChI=1S/C11H13N3O4S/c15-14(16)9-3-1-2-4-10(9)19(17,18)13-11-7-5-12-6-8(7)11/h1-4,7-8,11-13H,5-6H2. The summed E-state index contributed by atoms with van der Waals surface area (Å²) in [6, 6.07) is 5.30. The number of nitro groups is 1. The molecule has 8 heteroatoms. The molecule has 1 saturated carbocycles. The fraction of sp³-hybridized carbons (Fsp3) is 0.455. The molecule has 7 nitrogen and oxygen atoms in total. The Morgan fingerprint density at radius 1 is 1.26 bits per heavy atom. The summed E-state index contributed by atoms with van der Waals surface area (Å²) < 4.78 is 27.0. The van der Waals surface area contributed by atoms with E-state index in [1.165, 1.54) is 24.3 Å². The Labute approximate surface area is 110 Å². The summed E-state index contributed by atoms with van der Waals surface area (Å²) in [5.74, 6) is 0.634. The van der Waals surface area contributed by atoms with E-state index < -0.39 is 14.9 Å². The SMILES string of the molecule is O=[N+]([O-])c1ccccc1S(=O)(=O)NC1C2CNCC21. The number of nitrogens with zero attached hydrogens (tertiary/aromatic N) is 1. The lowest BCUT2D eigenvalue weighted by atomic mass is 10.3. The van der Waals surface area contributed by atoms with Crippen LogP contribution in [0.25, 0.3) is 0 Å². The normalized spacial score (nSPS) is 28.9. The van der Waals surface area contributed by atoms with Gasteiger partial charge in [0.05, 0.1) is 4.92 Å². The third-order valence-electron chi connectivity index (χ3n) is 3.73. The zero-order valence-electron chi connectivity index (χ0n) is 9.94. The molecular formula is C11H13N3O4S. The predicted molar refractivity (Wildman–Crippen MR) is 67.1 cm³/mol. The van der Waals surface area contributed by atoms with E-state index in [1.54, 1.807) is 0 Å². The molecule has 2 N–H and O–H groups in total. The number of piperidine rings is 1. The smallest absolute Gasteiger partial charge is 0.289 e. The average molecular weight is 283 g/mol. The topological polar surface area (TPSA) is 101 Å². The van der Waals surface area contributed by atoms with E-state index >= 15 is 0 Å². The summed E-state index contributed by atoms with van der Waals surface area (Å²) in [5.41, 5.74) is -0.390. The molecule has 1 saturated heterocycles. The first kappa shape index (κ1) is 12.5. The Balaban J connectivity index is 1.86. The van der Waals surface area contributed by atoms with E-state index in [0.717, 1.165) is 13.1 Å². The number of benzene rings is 1. The number of sulfonamides is 1. The van der Waals surface area contributed by atoms with Crippen molar-refractivity contribution >= 4 is 15.7 Å². The van der Waals surface area contributed by atoms with Gasteiger partial charge in [-0.05, 0) is 31.0 Å². The zero-order chi connectivity index (χ0) is 13.6. The van der Waals surface area contributed by atoms with Gasteiger partial charge >= 0.3 is 0 Å². The van der Waals surface area contributed by atoms with E-state index in [4.69, 9.17) is 0 Å². The van der Waals surface area contributed by atoms with E-state index in [2.05, 4.69) is 10.0 Å². The van der Waals surface area contributed by atoms with Crippen molar-refractivity contribution in [1.29, 1.82) is 0 Å². The molecule has 2 atom stereocenters. The maximum Gasteiger partial charge on any atom is 0.289 e. The molecule has 1 aliphatic carbocycles. The van der Waals surface area contributed by atoms with Crippen LogP contribution in [0.5, 0.6) is 0 Å². The lowest BCUT2D eigenvalue weighted by molar-refractivity contribution is -0.387. The molecule has 1 aromatic rings. The molecule has 0 spiro atoms. The Morgan fingerprint density at radius 3 is 2.53 bits per heavy atom. The maximum atomic E-state index is 12.2. The van der Waals surface area contributed by atoms with E-state index in [9.17, 15) is 18.5 Å².